The maximum absolute atomic E-state index is 8.16. The molecule has 0 fully saturated rings. The second kappa shape index (κ2) is 14.6. The maximum Gasteiger partial charge on any atom is 3.00 e. The van der Waals surface area contributed by atoms with Crippen LogP contribution < -0.4 is 24.8 Å². The molecule has 3 rings (SSSR count). The summed E-state index contributed by atoms with van der Waals surface area (Å²) in [7, 11) is -0.880. The molecular weight excluding hydrogens is 482 g/mol. The summed E-state index contributed by atoms with van der Waals surface area (Å²) < 4.78 is 0. The molecule has 1 N–H and O–H groups in total. The van der Waals surface area contributed by atoms with Crippen LogP contribution in [0.1, 0.15) is 44.2 Å². The predicted molar refractivity (Wildman–Crippen MR) is 113 cm³/mol. The number of rotatable bonds is 4. The summed E-state index contributed by atoms with van der Waals surface area (Å²) in [6, 6.07) is 20.4. The fraction of sp³-hybridized carbons (Fsp3) is 0.348. The van der Waals surface area contributed by atoms with Gasteiger partial charge in [-0.2, -0.15) is 6.07 Å². The summed E-state index contributed by atoms with van der Waals surface area (Å²) in [4.78, 5) is 8.16. The van der Waals surface area contributed by atoms with Crippen LogP contribution in [0.2, 0.25) is 13.1 Å². The van der Waals surface area contributed by atoms with E-state index in [-0.39, 0.29) is 51.0 Å². The van der Waals surface area contributed by atoms with Crippen molar-refractivity contribution in [3.05, 3.63) is 65.7 Å². The molecule has 0 aliphatic carbocycles. The molecule has 0 unspecified atom stereocenters. The molecule has 0 aliphatic heterocycles. The van der Waals surface area contributed by atoms with Crippen molar-refractivity contribution in [2.75, 3.05) is 0 Å². The van der Waals surface area contributed by atoms with Crippen LogP contribution in [-0.2, 0) is 32.6 Å². The Kier molecular flexibility index (Phi) is 15.6. The number of hydrogen-bond donors (Lipinski definition) is 1. The minimum atomic E-state index is -0.880. The molecule has 3 aromatic rings. The summed E-state index contributed by atoms with van der Waals surface area (Å²) in [6.45, 7) is 10.4. The molecule has 0 bridgehead atoms. The first-order valence-corrected chi connectivity index (χ1v) is 11.6. The van der Waals surface area contributed by atoms with Gasteiger partial charge in [-0.25, -0.2) is 0 Å². The molecule has 0 spiro atoms. The van der Waals surface area contributed by atoms with Crippen molar-refractivity contribution >= 4 is 19.8 Å². The predicted octanol–water partition coefficient (Wildman–Crippen LogP) is 0.537. The van der Waals surface area contributed by atoms with Crippen molar-refractivity contribution in [3.8, 4) is 11.1 Å². The smallest absolute Gasteiger partial charge is 1.00 e. The van der Waals surface area contributed by atoms with E-state index < -0.39 is 9.04 Å². The average Bonchev–Trinajstić information content (AvgIpc) is 2.97. The van der Waals surface area contributed by atoms with Crippen molar-refractivity contribution in [3.63, 3.8) is 0 Å². The third-order valence-corrected chi connectivity index (χ3v) is 4.24. The largest absolute Gasteiger partial charge is 3.00 e. The van der Waals surface area contributed by atoms with Gasteiger partial charge in [-0.1, -0.05) is 63.1 Å². The van der Waals surface area contributed by atoms with Crippen LogP contribution in [0, 0.1) is 0 Å². The normalized spacial score (nSPS) is 9.86. The Morgan fingerprint density at radius 3 is 2.07 bits per heavy atom. The molecule has 0 aromatic heterocycles. The molecule has 2 radical (unpaired) electrons. The molecule has 5 heteroatoms. The van der Waals surface area contributed by atoms with Crippen LogP contribution in [0.4, 0.5) is 0 Å². The molecule has 150 valence electrons. The monoisotopic (exact) mass is 510 g/mol. The van der Waals surface area contributed by atoms with E-state index in [1.165, 1.54) is 45.9 Å². The summed E-state index contributed by atoms with van der Waals surface area (Å²) in [6.07, 6.45) is 2.37. The molecule has 28 heavy (non-hydrogen) atoms. The van der Waals surface area contributed by atoms with Gasteiger partial charge in [-0.05, 0) is 36.6 Å². The van der Waals surface area contributed by atoms with Gasteiger partial charge in [0.2, 0.25) is 0 Å². The van der Waals surface area contributed by atoms with Crippen LogP contribution in [0.5, 0.6) is 0 Å². The van der Waals surface area contributed by atoms with E-state index in [0.29, 0.717) is 5.92 Å². The second-order valence-electron chi connectivity index (χ2n) is 7.15. The van der Waals surface area contributed by atoms with Gasteiger partial charge in [0.15, 0.2) is 9.04 Å². The first-order chi connectivity index (χ1) is 11.9. The number of aryl methyl sites for hydroxylation is 1. The Hall–Kier alpha value is -0.310. The minimum Gasteiger partial charge on any atom is -1.00 e. The van der Waals surface area contributed by atoms with Crippen molar-refractivity contribution < 1.29 is 55.8 Å². The summed E-state index contributed by atoms with van der Waals surface area (Å²) in [5.74, 6) is 0.588. The Morgan fingerprint density at radius 1 is 1.00 bits per heavy atom. The van der Waals surface area contributed by atoms with Crippen LogP contribution in [0.25, 0.3) is 21.9 Å². The van der Waals surface area contributed by atoms with Gasteiger partial charge < -0.3 is 29.6 Å². The van der Waals surface area contributed by atoms with Crippen LogP contribution >= 0.6 is 0 Å². The molecule has 0 amide bonds. The Bertz CT molecular complexity index is 795. The number of benzene rings is 2. The van der Waals surface area contributed by atoms with Crippen molar-refractivity contribution in [2.24, 2.45) is 0 Å². The quantitative estimate of drug-likeness (QED) is 0.400. The fourth-order valence-corrected chi connectivity index (χ4v) is 3.03. The standard InChI is InChI=1S/C21H23.C2H7OSi.2ClH.Zr/c1-4-6-16-13-19-7-5-8-20(21(19)14-16)18-11-9-17(10-12-18)15(2)3;1-4(2)3;;;/h5,7-15H,4,6H2,1-3H3;3H,1-2H3;2*1H;/q-1;;;;+3/p-2. The zero-order valence-electron chi connectivity index (χ0n) is 17.4. The van der Waals surface area contributed by atoms with Crippen molar-refractivity contribution in [1.82, 2.24) is 0 Å². The molecule has 0 saturated heterocycles. The van der Waals surface area contributed by atoms with Crippen molar-refractivity contribution in [2.45, 2.75) is 52.6 Å². The van der Waals surface area contributed by atoms with E-state index in [2.05, 4.69) is 75.4 Å². The van der Waals surface area contributed by atoms with Crippen LogP contribution in [0.15, 0.2) is 54.6 Å². The average molecular weight is 513 g/mol. The fourth-order valence-electron chi connectivity index (χ4n) is 3.03. The van der Waals surface area contributed by atoms with Gasteiger partial charge in [-0.15, -0.1) is 34.5 Å². The second-order valence-corrected chi connectivity index (χ2v) is 9.04. The number of halogens is 2. The summed E-state index contributed by atoms with van der Waals surface area (Å²) in [5, 5.41) is 2.75. The molecule has 0 atom stereocenters. The first kappa shape index (κ1) is 29.9. The minimum absolute atomic E-state index is 0. The zero-order chi connectivity index (χ0) is 18.4. The molecule has 3 aromatic carbocycles. The van der Waals surface area contributed by atoms with E-state index in [9.17, 15) is 0 Å². The number of fused-ring (bicyclic) bond motifs is 1. The molecule has 0 aliphatic rings. The van der Waals surface area contributed by atoms with Gasteiger partial charge in [0.05, 0.1) is 0 Å². The maximum atomic E-state index is 8.16. The topological polar surface area (TPSA) is 20.2 Å². The van der Waals surface area contributed by atoms with E-state index in [1.807, 2.05) is 13.1 Å². The van der Waals surface area contributed by atoms with E-state index in [4.69, 9.17) is 4.80 Å². The van der Waals surface area contributed by atoms with Crippen LogP contribution in [-0.4, -0.2) is 13.8 Å². The van der Waals surface area contributed by atoms with Gasteiger partial charge in [0.25, 0.3) is 0 Å². The van der Waals surface area contributed by atoms with Crippen molar-refractivity contribution in [1.29, 1.82) is 0 Å². The van der Waals surface area contributed by atoms with Gasteiger partial charge in [0.1, 0.15) is 0 Å². The van der Waals surface area contributed by atoms with E-state index in [1.54, 1.807) is 0 Å². The van der Waals surface area contributed by atoms with E-state index in [0.717, 1.165) is 0 Å². The van der Waals surface area contributed by atoms with Gasteiger partial charge in [-0.3, -0.25) is 0 Å². The van der Waals surface area contributed by atoms with Crippen LogP contribution in [0.3, 0.4) is 0 Å². The SMILES string of the molecule is CCCc1cc2c(-c3ccc(C(C)C)cc3)cccc2[cH-]1.C[Si](C)O.[Cl-].[Cl-].[Zr+3]. The summed E-state index contributed by atoms with van der Waals surface area (Å²) >= 11 is 0. The van der Waals surface area contributed by atoms with Gasteiger partial charge >= 0.3 is 26.2 Å². The molecule has 1 nitrogen and oxygen atoms in total. The Balaban J connectivity index is 0. The number of hydrogen-bond acceptors (Lipinski definition) is 1. The third-order valence-electron chi connectivity index (χ3n) is 4.24. The molecular formula is C23H30Cl2OSiZr. The Labute approximate surface area is 204 Å². The molecule has 0 saturated carbocycles. The first-order valence-electron chi connectivity index (χ1n) is 9.20. The third kappa shape index (κ3) is 8.59. The van der Waals surface area contributed by atoms with Gasteiger partial charge in [0, 0.05) is 0 Å². The summed E-state index contributed by atoms with van der Waals surface area (Å²) in [5.41, 5.74) is 5.53. The van der Waals surface area contributed by atoms with E-state index >= 15 is 0 Å². The Morgan fingerprint density at radius 2 is 1.57 bits per heavy atom. The zero-order valence-corrected chi connectivity index (χ0v) is 22.4. The molecule has 0 heterocycles.